The van der Waals surface area contributed by atoms with E-state index in [1.165, 1.54) is 38.7 Å². The van der Waals surface area contributed by atoms with Gasteiger partial charge in [-0.05, 0) is 64.7 Å². The number of benzene rings is 4. The van der Waals surface area contributed by atoms with Crippen LogP contribution in [-0.2, 0) is 22.6 Å². The van der Waals surface area contributed by atoms with E-state index in [0.717, 1.165) is 24.3 Å². The maximum absolute atomic E-state index is 6.94. The van der Waals surface area contributed by atoms with Crippen molar-refractivity contribution in [3.05, 3.63) is 124 Å². The molecule has 0 N–H and O–H groups in total. The first-order valence-electron chi connectivity index (χ1n) is 15.7. The fourth-order valence-electron chi connectivity index (χ4n) is 5.60. The van der Waals surface area contributed by atoms with Crippen LogP contribution in [-0.4, -0.2) is 6.21 Å². The lowest BCUT2D eigenvalue weighted by atomic mass is 9.76. The molecule has 4 rings (SSSR count). The third-order valence-corrected chi connectivity index (χ3v) is 10.9. The van der Waals surface area contributed by atoms with Gasteiger partial charge >= 0.3 is 0 Å². The third-order valence-electron chi connectivity index (χ3n) is 8.49. The summed E-state index contributed by atoms with van der Waals surface area (Å²) in [6.07, 6.45) is 4.09. The highest BCUT2D eigenvalue weighted by atomic mass is 31.1. The number of nitrogens with zero attached hydrogens (tertiary/aromatic N) is 1. The molecule has 2 nitrogen and oxygen atoms in total. The Bertz CT molecular complexity index is 1520. The molecule has 1 unspecified atom stereocenters. The largest absolute Gasteiger partial charge is 0.488 e. The van der Waals surface area contributed by atoms with Crippen molar-refractivity contribution in [3.63, 3.8) is 0 Å². The molecule has 0 saturated heterocycles. The van der Waals surface area contributed by atoms with Crippen LogP contribution in [0.2, 0.25) is 0 Å². The molecule has 0 aromatic heterocycles. The molecule has 0 aliphatic carbocycles. The van der Waals surface area contributed by atoms with Crippen molar-refractivity contribution < 1.29 is 4.74 Å². The highest BCUT2D eigenvalue weighted by molar-refractivity contribution is 7.49. The molecule has 0 heterocycles. The molecule has 0 spiro atoms. The number of hydrogen-bond acceptors (Lipinski definition) is 2. The van der Waals surface area contributed by atoms with Crippen molar-refractivity contribution in [2.45, 2.75) is 97.7 Å². The first kappa shape index (κ1) is 32.7. The second-order valence-electron chi connectivity index (χ2n) is 13.7. The minimum Gasteiger partial charge on any atom is -0.488 e. The molecular weight excluding hydrogens is 541 g/mol. The molecule has 226 valence electrons. The van der Waals surface area contributed by atoms with Gasteiger partial charge in [-0.2, -0.15) is 0 Å². The molecule has 0 aliphatic rings. The maximum Gasteiger partial charge on any atom is 0.127 e. The Balaban J connectivity index is 1.92. The fourth-order valence-corrected chi connectivity index (χ4v) is 7.33. The number of aliphatic imine (C=N–C) groups is 1. The third kappa shape index (κ3) is 7.84. The Morgan fingerprint density at radius 1 is 0.721 bits per heavy atom. The van der Waals surface area contributed by atoms with E-state index < -0.39 is 0 Å². The average Bonchev–Trinajstić information content (AvgIpc) is 2.98. The Morgan fingerprint density at radius 3 is 1.91 bits per heavy atom. The summed E-state index contributed by atoms with van der Waals surface area (Å²) < 4.78 is 6.94. The van der Waals surface area contributed by atoms with E-state index in [0.29, 0.717) is 15.2 Å². The molecule has 43 heavy (non-hydrogen) atoms. The topological polar surface area (TPSA) is 21.6 Å². The van der Waals surface area contributed by atoms with E-state index >= 15 is 0 Å². The monoisotopic (exact) mass is 591 g/mol. The maximum atomic E-state index is 6.94. The van der Waals surface area contributed by atoms with E-state index in [1.807, 2.05) is 18.2 Å². The van der Waals surface area contributed by atoms with Crippen molar-refractivity contribution in [3.8, 4) is 5.75 Å². The van der Waals surface area contributed by atoms with Gasteiger partial charge in [0.25, 0.3) is 0 Å². The lowest BCUT2D eigenvalue weighted by Crippen LogP contribution is -2.28. The molecule has 0 saturated carbocycles. The Labute approximate surface area is 262 Å². The van der Waals surface area contributed by atoms with Gasteiger partial charge in [-0.3, -0.25) is 4.99 Å². The van der Waals surface area contributed by atoms with Crippen LogP contribution in [0, 0.1) is 6.92 Å². The summed E-state index contributed by atoms with van der Waals surface area (Å²) in [7, 11) is 0.564. The van der Waals surface area contributed by atoms with E-state index in [4.69, 9.17) is 9.73 Å². The summed E-state index contributed by atoms with van der Waals surface area (Å²) in [5.74, 6) is 1.06. The van der Waals surface area contributed by atoms with Crippen LogP contribution in [0.25, 0.3) is 0 Å². The van der Waals surface area contributed by atoms with E-state index in [9.17, 15) is 0 Å². The van der Waals surface area contributed by atoms with Crippen LogP contribution < -0.4 is 10.0 Å². The smallest absolute Gasteiger partial charge is 0.127 e. The molecular formula is C40H50NOP. The van der Waals surface area contributed by atoms with Crippen LogP contribution in [0.5, 0.6) is 5.75 Å². The van der Waals surface area contributed by atoms with Crippen LogP contribution >= 0.6 is 8.58 Å². The van der Waals surface area contributed by atoms with Gasteiger partial charge < -0.3 is 4.74 Å². The number of ether oxygens (including phenoxy) is 1. The van der Waals surface area contributed by atoms with Gasteiger partial charge in [-0.15, -0.1) is 0 Å². The number of para-hydroxylation sites is 1. The van der Waals surface area contributed by atoms with Gasteiger partial charge in [0.2, 0.25) is 0 Å². The van der Waals surface area contributed by atoms with Gasteiger partial charge in [0, 0.05) is 28.1 Å². The lowest BCUT2D eigenvalue weighted by Gasteiger charge is -2.38. The molecule has 0 fully saturated rings. The Morgan fingerprint density at radius 2 is 1.33 bits per heavy atom. The highest BCUT2D eigenvalue weighted by Crippen LogP contribution is 2.53. The molecule has 4 aromatic carbocycles. The minimum atomic E-state index is -0.0886. The van der Waals surface area contributed by atoms with Crippen LogP contribution in [0.3, 0.4) is 0 Å². The van der Waals surface area contributed by atoms with Crippen LogP contribution in [0.1, 0.15) is 102 Å². The summed E-state index contributed by atoms with van der Waals surface area (Å²) in [5, 5.41) is 1.30. The van der Waals surface area contributed by atoms with E-state index in [2.05, 4.69) is 141 Å². The standard InChI is InChI=1S/C40H50NOP/c1-10-40(11-2,43-37-29(3)19-18-22-31(37)27-41-33-23-16-13-17-24-33)35-26-32(38(4,5)6)25-34(39(7,8)9)36(35)42-28-30-20-14-12-15-21-30/h12-27,43H,10-11,28H2,1-9H3. The molecule has 1 atom stereocenters. The van der Waals surface area contributed by atoms with Crippen molar-refractivity contribution in [1.82, 2.24) is 0 Å². The van der Waals surface area contributed by atoms with Gasteiger partial charge in [0.1, 0.15) is 12.4 Å². The quantitative estimate of drug-likeness (QED) is 0.133. The zero-order valence-electron chi connectivity index (χ0n) is 27.7. The number of hydrogen-bond donors (Lipinski definition) is 0. The zero-order valence-corrected chi connectivity index (χ0v) is 28.7. The zero-order chi connectivity index (χ0) is 31.3. The molecule has 4 aromatic rings. The summed E-state index contributed by atoms with van der Waals surface area (Å²) >= 11 is 0. The van der Waals surface area contributed by atoms with Crippen LogP contribution in [0.15, 0.2) is 96.0 Å². The summed E-state index contributed by atoms with van der Waals surface area (Å²) in [6, 6.07) is 32.3. The molecule has 0 amide bonds. The second kappa shape index (κ2) is 13.6. The summed E-state index contributed by atoms with van der Waals surface area (Å²) in [5.41, 5.74) is 8.61. The highest BCUT2D eigenvalue weighted by Gasteiger charge is 2.37. The molecule has 0 bridgehead atoms. The summed E-state index contributed by atoms with van der Waals surface area (Å²) in [6.45, 7) is 21.4. The van der Waals surface area contributed by atoms with Crippen LogP contribution in [0.4, 0.5) is 5.69 Å². The van der Waals surface area contributed by atoms with Gasteiger partial charge in [-0.1, -0.05) is 143 Å². The average molecular weight is 592 g/mol. The fraction of sp³-hybridized carbons (Fsp3) is 0.375. The predicted octanol–water partition coefficient (Wildman–Crippen LogP) is 10.9. The van der Waals surface area contributed by atoms with Gasteiger partial charge in [-0.25, -0.2) is 0 Å². The SMILES string of the molecule is CCC(CC)(Pc1c(C)cccc1C=Nc1ccccc1)c1cc(C(C)(C)C)cc(C(C)(C)C)c1OCc1ccccc1. The summed E-state index contributed by atoms with van der Waals surface area (Å²) in [4.78, 5) is 4.86. The normalized spacial score (nSPS) is 12.9. The first-order chi connectivity index (χ1) is 20.4. The minimum absolute atomic E-state index is 0.0131. The van der Waals surface area contributed by atoms with Crippen molar-refractivity contribution in [2.24, 2.45) is 4.99 Å². The molecule has 3 heteroatoms. The van der Waals surface area contributed by atoms with Crippen molar-refractivity contribution in [2.75, 3.05) is 0 Å². The lowest BCUT2D eigenvalue weighted by molar-refractivity contribution is 0.289. The number of rotatable bonds is 10. The Kier molecular flexibility index (Phi) is 10.3. The number of aryl methyl sites for hydroxylation is 1. The van der Waals surface area contributed by atoms with E-state index in [-0.39, 0.29) is 16.0 Å². The predicted molar refractivity (Wildman–Crippen MR) is 190 cm³/mol. The second-order valence-corrected chi connectivity index (χ2v) is 15.4. The van der Waals surface area contributed by atoms with Gasteiger partial charge in [0.05, 0.1) is 5.69 Å². The molecule has 0 aliphatic heterocycles. The van der Waals surface area contributed by atoms with Crippen molar-refractivity contribution in [1.29, 1.82) is 0 Å². The molecule has 0 radical (unpaired) electrons. The van der Waals surface area contributed by atoms with Gasteiger partial charge in [0.15, 0.2) is 0 Å². The Hall–Kier alpha value is -3.22. The van der Waals surface area contributed by atoms with E-state index in [1.54, 1.807) is 0 Å². The first-order valence-corrected chi connectivity index (χ1v) is 16.7. The van der Waals surface area contributed by atoms with Crippen molar-refractivity contribution >= 4 is 25.8 Å².